The lowest BCUT2D eigenvalue weighted by molar-refractivity contribution is -0.388. The number of hydrogen-bond donors (Lipinski definition) is 1. The van der Waals surface area contributed by atoms with Gasteiger partial charge in [0, 0.05) is 24.7 Å². The summed E-state index contributed by atoms with van der Waals surface area (Å²) in [6.45, 7) is 6.75. The Morgan fingerprint density at radius 1 is 0.889 bits per heavy atom. The standard InChI is InChI=1S/C32H38N2O10S/c1-32(2,3)44-31(35)33(4)27-14-10-24(11-15-27)8-9-25-12-16-28(17-13-25)43-23-22-42-21-20-41-19-18-26-6-5-7-29(45(38,39)40)30(26)34(36)37/h5-17H,18-23H2,1-4H3,(H,38,39,40). The first-order chi connectivity index (χ1) is 21.2. The van der Waals surface area contributed by atoms with Gasteiger partial charge in [-0.2, -0.15) is 8.42 Å². The van der Waals surface area contributed by atoms with E-state index in [4.69, 9.17) is 18.9 Å². The van der Waals surface area contributed by atoms with E-state index in [1.54, 1.807) is 7.05 Å². The summed E-state index contributed by atoms with van der Waals surface area (Å²) in [5.74, 6) is 0.690. The highest BCUT2D eigenvalue weighted by molar-refractivity contribution is 7.86. The lowest BCUT2D eigenvalue weighted by Crippen LogP contribution is -2.34. The van der Waals surface area contributed by atoms with Gasteiger partial charge in [-0.25, -0.2) is 4.79 Å². The molecule has 3 aromatic carbocycles. The van der Waals surface area contributed by atoms with E-state index in [0.717, 1.165) is 22.9 Å². The Morgan fingerprint density at radius 3 is 2.00 bits per heavy atom. The fourth-order valence-corrected chi connectivity index (χ4v) is 4.72. The van der Waals surface area contributed by atoms with Crippen molar-refractivity contribution in [2.75, 3.05) is 45.0 Å². The van der Waals surface area contributed by atoms with Crippen molar-refractivity contribution in [1.29, 1.82) is 0 Å². The molecule has 0 atom stereocenters. The molecule has 0 saturated carbocycles. The second-order valence-corrected chi connectivity index (χ2v) is 12.2. The minimum atomic E-state index is -4.72. The predicted molar refractivity (Wildman–Crippen MR) is 170 cm³/mol. The van der Waals surface area contributed by atoms with Crippen molar-refractivity contribution in [2.45, 2.75) is 37.7 Å². The first-order valence-corrected chi connectivity index (χ1v) is 15.6. The monoisotopic (exact) mass is 642 g/mol. The first-order valence-electron chi connectivity index (χ1n) is 14.1. The summed E-state index contributed by atoms with van der Waals surface area (Å²) in [7, 11) is -3.05. The number of nitro benzene ring substituents is 1. The number of anilines is 1. The van der Waals surface area contributed by atoms with Crippen LogP contribution in [0.3, 0.4) is 0 Å². The van der Waals surface area contributed by atoms with Crippen molar-refractivity contribution in [3.63, 3.8) is 0 Å². The maximum atomic E-state index is 12.3. The predicted octanol–water partition coefficient (Wildman–Crippen LogP) is 6.04. The molecule has 0 heterocycles. The van der Waals surface area contributed by atoms with Crippen LogP contribution in [-0.4, -0.2) is 69.7 Å². The molecule has 0 saturated heterocycles. The van der Waals surface area contributed by atoms with Crippen molar-refractivity contribution in [3.8, 4) is 5.75 Å². The van der Waals surface area contributed by atoms with Gasteiger partial charge in [0.15, 0.2) is 4.90 Å². The van der Waals surface area contributed by atoms with E-state index in [-0.39, 0.29) is 31.8 Å². The summed E-state index contributed by atoms with van der Waals surface area (Å²) in [6, 6.07) is 18.9. The molecule has 12 nitrogen and oxygen atoms in total. The molecule has 1 amide bonds. The number of carbonyl (C=O) groups is 1. The van der Waals surface area contributed by atoms with E-state index in [2.05, 4.69) is 0 Å². The van der Waals surface area contributed by atoms with Crippen molar-refractivity contribution in [2.24, 2.45) is 0 Å². The molecule has 0 bridgehead atoms. The van der Waals surface area contributed by atoms with Crippen LogP contribution in [0.25, 0.3) is 12.2 Å². The van der Waals surface area contributed by atoms with Gasteiger partial charge in [-0.3, -0.25) is 19.6 Å². The van der Waals surface area contributed by atoms with E-state index < -0.39 is 37.3 Å². The summed E-state index contributed by atoms with van der Waals surface area (Å²) in [4.78, 5) is 23.5. The molecule has 45 heavy (non-hydrogen) atoms. The largest absolute Gasteiger partial charge is 0.491 e. The lowest BCUT2D eigenvalue weighted by Gasteiger charge is -2.24. The Bertz CT molecular complexity index is 1560. The summed E-state index contributed by atoms with van der Waals surface area (Å²) in [6.07, 6.45) is 3.63. The lowest BCUT2D eigenvalue weighted by atomic mass is 10.1. The van der Waals surface area contributed by atoms with Gasteiger partial charge in [0.05, 0.1) is 31.4 Å². The molecule has 3 rings (SSSR count). The minimum Gasteiger partial charge on any atom is -0.491 e. The van der Waals surface area contributed by atoms with Crippen LogP contribution >= 0.6 is 0 Å². The Kier molecular flexibility index (Phi) is 12.6. The molecule has 13 heteroatoms. The molecule has 0 aromatic heterocycles. The number of carbonyl (C=O) groups excluding carboxylic acids is 1. The first kappa shape index (κ1) is 35.2. The van der Waals surface area contributed by atoms with E-state index in [1.165, 1.54) is 17.0 Å². The normalized spacial score (nSPS) is 11.8. The van der Waals surface area contributed by atoms with Gasteiger partial charge in [0.1, 0.15) is 18.0 Å². The number of nitrogens with zero attached hydrogens (tertiary/aromatic N) is 2. The summed E-state index contributed by atoms with van der Waals surface area (Å²) in [5, 5.41) is 11.3. The van der Waals surface area contributed by atoms with E-state index in [0.29, 0.717) is 19.0 Å². The number of ether oxygens (including phenoxy) is 4. The molecule has 1 N–H and O–H groups in total. The minimum absolute atomic E-state index is 0.0910. The van der Waals surface area contributed by atoms with Crippen LogP contribution in [0, 0.1) is 10.1 Å². The van der Waals surface area contributed by atoms with Crippen LogP contribution in [0.2, 0.25) is 0 Å². The quantitative estimate of drug-likeness (QED) is 0.0682. The van der Waals surface area contributed by atoms with Crippen molar-refractivity contribution >= 4 is 39.7 Å². The van der Waals surface area contributed by atoms with Crippen LogP contribution in [-0.2, 0) is 30.7 Å². The molecule has 0 aliphatic carbocycles. The highest BCUT2D eigenvalue weighted by Crippen LogP contribution is 2.28. The van der Waals surface area contributed by atoms with Gasteiger partial charge in [-0.15, -0.1) is 0 Å². The van der Waals surface area contributed by atoms with Gasteiger partial charge in [0.25, 0.3) is 5.69 Å². The van der Waals surface area contributed by atoms with Crippen LogP contribution in [0.5, 0.6) is 5.75 Å². The SMILES string of the molecule is CN(C(=O)OC(C)(C)C)c1ccc(C=Cc2ccc(OCCOCCOCCc3cccc(S(=O)(=O)O)c3[N+](=O)[O-])cc2)cc1. The van der Waals surface area contributed by atoms with Crippen LogP contribution in [0.4, 0.5) is 16.2 Å². The van der Waals surface area contributed by atoms with E-state index in [1.807, 2.05) is 81.5 Å². The van der Waals surface area contributed by atoms with Gasteiger partial charge in [-0.1, -0.05) is 48.6 Å². The van der Waals surface area contributed by atoms with E-state index in [9.17, 15) is 27.9 Å². The summed E-state index contributed by atoms with van der Waals surface area (Å²) >= 11 is 0. The second-order valence-electron chi connectivity index (χ2n) is 10.9. The fraction of sp³-hybridized carbons (Fsp3) is 0.344. The van der Waals surface area contributed by atoms with Gasteiger partial charge in [0.2, 0.25) is 0 Å². The number of nitro groups is 1. The molecule has 0 spiro atoms. The average molecular weight is 643 g/mol. The third-order valence-corrected chi connectivity index (χ3v) is 7.11. The Morgan fingerprint density at radius 2 is 1.44 bits per heavy atom. The second kappa shape index (κ2) is 16.1. The summed E-state index contributed by atoms with van der Waals surface area (Å²) < 4.78 is 54.2. The van der Waals surface area contributed by atoms with E-state index >= 15 is 0 Å². The molecule has 3 aromatic rings. The highest BCUT2D eigenvalue weighted by atomic mass is 32.2. The molecule has 0 fully saturated rings. The van der Waals surface area contributed by atoms with Gasteiger partial charge < -0.3 is 18.9 Å². The maximum Gasteiger partial charge on any atom is 0.414 e. The summed E-state index contributed by atoms with van der Waals surface area (Å²) in [5.41, 5.74) is 1.62. The van der Waals surface area contributed by atoms with Gasteiger partial charge in [-0.05, 0) is 62.2 Å². The van der Waals surface area contributed by atoms with Crippen molar-refractivity contribution < 1.29 is 41.6 Å². The fourth-order valence-electron chi connectivity index (χ4n) is 4.02. The number of rotatable bonds is 15. The third kappa shape index (κ3) is 11.6. The van der Waals surface area contributed by atoms with Crippen LogP contribution in [0.1, 0.15) is 37.5 Å². The molecule has 0 aliphatic rings. The zero-order chi connectivity index (χ0) is 33.0. The van der Waals surface area contributed by atoms with Crippen LogP contribution in [0.15, 0.2) is 71.6 Å². The number of para-hydroxylation sites is 1. The number of benzene rings is 3. The third-order valence-electron chi connectivity index (χ3n) is 6.22. The molecule has 242 valence electrons. The zero-order valence-electron chi connectivity index (χ0n) is 25.7. The number of hydrogen-bond acceptors (Lipinski definition) is 9. The molecule has 0 radical (unpaired) electrons. The number of amides is 1. The smallest absolute Gasteiger partial charge is 0.414 e. The average Bonchev–Trinajstić information content (AvgIpc) is 2.98. The Labute approximate surface area is 263 Å². The van der Waals surface area contributed by atoms with Crippen molar-refractivity contribution in [3.05, 3.63) is 93.5 Å². The van der Waals surface area contributed by atoms with Crippen molar-refractivity contribution in [1.82, 2.24) is 0 Å². The highest BCUT2D eigenvalue weighted by Gasteiger charge is 2.27. The van der Waals surface area contributed by atoms with Gasteiger partial charge >= 0.3 is 16.2 Å². The topological polar surface area (TPSA) is 155 Å². The molecule has 0 aliphatic heterocycles. The zero-order valence-corrected chi connectivity index (χ0v) is 26.5. The molecular formula is C32H38N2O10S. The Balaban J connectivity index is 1.34. The maximum absolute atomic E-state index is 12.3. The Hall–Kier alpha value is -4.30. The molecular weight excluding hydrogens is 604 g/mol. The molecule has 0 unspecified atom stereocenters. The van der Waals surface area contributed by atoms with Crippen LogP contribution < -0.4 is 9.64 Å².